The quantitative estimate of drug-likeness (QED) is 0.491. The predicted molar refractivity (Wildman–Crippen MR) is 117 cm³/mol. The van der Waals surface area contributed by atoms with Crippen molar-refractivity contribution in [1.29, 1.82) is 0 Å². The summed E-state index contributed by atoms with van der Waals surface area (Å²) < 4.78 is 19.0. The largest absolute Gasteiger partial charge is 0.482 e. The number of nitrogens with one attached hydrogen (secondary N) is 1. The number of ether oxygens (including phenoxy) is 1. The molecule has 0 bridgehead atoms. The van der Waals surface area contributed by atoms with Crippen LogP contribution in [0, 0.1) is 12.7 Å². The Kier molecular flexibility index (Phi) is 6.99. The molecular formula is C23H18ClFN2O4. The minimum atomic E-state index is -0.997. The number of aromatic carboxylic acids is 1. The smallest absolute Gasteiger partial charge is 0.335 e. The number of carboxylic acid groups (broad SMARTS) is 1. The molecule has 158 valence electrons. The molecule has 0 aliphatic heterocycles. The van der Waals surface area contributed by atoms with E-state index in [1.807, 2.05) is 0 Å². The zero-order valence-electron chi connectivity index (χ0n) is 16.4. The molecule has 0 heterocycles. The minimum Gasteiger partial charge on any atom is -0.482 e. The Bertz CT molecular complexity index is 1160. The second-order valence-electron chi connectivity index (χ2n) is 6.57. The molecule has 1 amide bonds. The van der Waals surface area contributed by atoms with Crippen molar-refractivity contribution in [2.24, 2.45) is 4.99 Å². The van der Waals surface area contributed by atoms with Crippen LogP contribution in [0.4, 0.5) is 15.8 Å². The summed E-state index contributed by atoms with van der Waals surface area (Å²) in [5, 5.41) is 11.7. The maximum atomic E-state index is 13.6. The van der Waals surface area contributed by atoms with E-state index in [2.05, 4.69) is 10.3 Å². The number of rotatable bonds is 7. The van der Waals surface area contributed by atoms with Crippen molar-refractivity contribution < 1.29 is 23.8 Å². The highest BCUT2D eigenvalue weighted by Crippen LogP contribution is 2.26. The summed E-state index contributed by atoms with van der Waals surface area (Å²) in [6, 6.07) is 15.4. The van der Waals surface area contributed by atoms with Crippen molar-refractivity contribution >= 4 is 41.1 Å². The molecule has 0 radical (unpaired) electrons. The fourth-order valence-corrected chi connectivity index (χ4v) is 2.93. The van der Waals surface area contributed by atoms with Gasteiger partial charge in [-0.25, -0.2) is 9.18 Å². The van der Waals surface area contributed by atoms with Crippen LogP contribution in [0.5, 0.6) is 5.75 Å². The van der Waals surface area contributed by atoms with E-state index in [1.165, 1.54) is 24.3 Å². The molecule has 0 spiro atoms. The number of para-hydroxylation sites is 1. The Morgan fingerprint density at radius 3 is 2.61 bits per heavy atom. The number of hydrogen-bond acceptors (Lipinski definition) is 4. The number of anilines is 1. The van der Waals surface area contributed by atoms with Crippen LogP contribution in [0.2, 0.25) is 5.02 Å². The second kappa shape index (κ2) is 9.86. The molecule has 3 rings (SSSR count). The number of carbonyl (C=O) groups is 2. The highest BCUT2D eigenvalue weighted by atomic mass is 35.5. The molecule has 3 aromatic rings. The second-order valence-corrected chi connectivity index (χ2v) is 6.98. The zero-order valence-corrected chi connectivity index (χ0v) is 17.2. The number of benzene rings is 3. The number of aliphatic imine (C=N–C) groups is 1. The average Bonchev–Trinajstić information content (AvgIpc) is 2.73. The number of aryl methyl sites for hydroxylation is 1. The maximum absolute atomic E-state index is 13.6. The summed E-state index contributed by atoms with van der Waals surface area (Å²) in [7, 11) is 0. The number of hydrogen-bond donors (Lipinski definition) is 2. The standard InChI is InChI=1S/C23H18ClFN2O4/c1-14-10-16(23(29)30)7-8-19(14)26-12-15-6-9-21(17(24)11-15)31-13-22(28)27-20-5-3-2-4-18(20)25/h2-12H,13H2,1H3,(H,27,28)(H,29,30). The van der Waals surface area contributed by atoms with Gasteiger partial charge in [-0.2, -0.15) is 0 Å². The Labute approximate surface area is 183 Å². The lowest BCUT2D eigenvalue weighted by Crippen LogP contribution is -2.20. The first kappa shape index (κ1) is 22.0. The first-order chi connectivity index (χ1) is 14.8. The lowest BCUT2D eigenvalue weighted by Gasteiger charge is -2.10. The lowest BCUT2D eigenvalue weighted by molar-refractivity contribution is -0.118. The summed E-state index contributed by atoms with van der Waals surface area (Å²) in [6.07, 6.45) is 1.59. The third-order valence-corrected chi connectivity index (χ3v) is 4.55. The summed E-state index contributed by atoms with van der Waals surface area (Å²) in [6.45, 7) is 1.44. The molecule has 3 aromatic carbocycles. The first-order valence-electron chi connectivity index (χ1n) is 9.18. The van der Waals surface area contributed by atoms with Gasteiger partial charge in [0.15, 0.2) is 6.61 Å². The number of carbonyl (C=O) groups excluding carboxylic acids is 1. The van der Waals surface area contributed by atoms with Gasteiger partial charge in [0.05, 0.1) is 22.0 Å². The molecule has 8 heteroatoms. The van der Waals surface area contributed by atoms with Crippen LogP contribution in [-0.2, 0) is 4.79 Å². The van der Waals surface area contributed by atoms with Gasteiger partial charge in [0, 0.05) is 6.21 Å². The molecule has 0 atom stereocenters. The van der Waals surface area contributed by atoms with Crippen molar-refractivity contribution in [1.82, 2.24) is 0 Å². The summed E-state index contributed by atoms with van der Waals surface area (Å²) in [4.78, 5) is 27.3. The highest BCUT2D eigenvalue weighted by molar-refractivity contribution is 6.32. The van der Waals surface area contributed by atoms with E-state index in [-0.39, 0.29) is 22.9 Å². The molecule has 0 fully saturated rings. The lowest BCUT2D eigenvalue weighted by atomic mass is 10.1. The molecule has 0 aliphatic rings. The number of amides is 1. The van der Waals surface area contributed by atoms with Gasteiger partial charge in [-0.3, -0.25) is 9.79 Å². The Morgan fingerprint density at radius 1 is 1.16 bits per heavy atom. The van der Waals surface area contributed by atoms with Crippen LogP contribution in [0.3, 0.4) is 0 Å². The SMILES string of the molecule is Cc1cc(C(=O)O)ccc1N=Cc1ccc(OCC(=O)Nc2ccccc2F)c(Cl)c1. The van der Waals surface area contributed by atoms with E-state index < -0.39 is 17.7 Å². The fraction of sp³-hybridized carbons (Fsp3) is 0.0870. The van der Waals surface area contributed by atoms with Crippen LogP contribution in [-0.4, -0.2) is 29.8 Å². The van der Waals surface area contributed by atoms with Gasteiger partial charge in [-0.15, -0.1) is 0 Å². The van der Waals surface area contributed by atoms with Gasteiger partial charge in [0.2, 0.25) is 0 Å². The van der Waals surface area contributed by atoms with Gasteiger partial charge in [-0.05, 0) is 66.6 Å². The molecule has 0 aromatic heterocycles. The minimum absolute atomic E-state index is 0.0698. The van der Waals surface area contributed by atoms with Crippen molar-refractivity contribution in [3.63, 3.8) is 0 Å². The van der Waals surface area contributed by atoms with Crippen LogP contribution >= 0.6 is 11.6 Å². The molecule has 0 aliphatic carbocycles. The molecule has 31 heavy (non-hydrogen) atoms. The van der Waals surface area contributed by atoms with Crippen LogP contribution < -0.4 is 10.1 Å². The first-order valence-corrected chi connectivity index (χ1v) is 9.56. The highest BCUT2D eigenvalue weighted by Gasteiger charge is 2.09. The van der Waals surface area contributed by atoms with E-state index in [0.717, 1.165) is 5.56 Å². The molecular weight excluding hydrogens is 423 g/mol. The van der Waals surface area contributed by atoms with Crippen LogP contribution in [0.25, 0.3) is 0 Å². The summed E-state index contributed by atoms with van der Waals surface area (Å²) in [5.41, 5.74) is 2.31. The number of carboxylic acids is 1. The van der Waals surface area contributed by atoms with E-state index in [1.54, 1.807) is 49.5 Å². The molecule has 0 saturated heterocycles. The predicted octanol–water partition coefficient (Wildman–Crippen LogP) is 5.25. The van der Waals surface area contributed by atoms with E-state index >= 15 is 0 Å². The van der Waals surface area contributed by atoms with E-state index in [9.17, 15) is 14.0 Å². The molecule has 0 unspecified atom stereocenters. The van der Waals surface area contributed by atoms with Crippen molar-refractivity contribution in [2.45, 2.75) is 6.92 Å². The molecule has 0 saturated carbocycles. The zero-order chi connectivity index (χ0) is 22.4. The van der Waals surface area contributed by atoms with Gasteiger partial charge in [0.1, 0.15) is 11.6 Å². The van der Waals surface area contributed by atoms with Crippen molar-refractivity contribution in [2.75, 3.05) is 11.9 Å². The Morgan fingerprint density at radius 2 is 1.94 bits per heavy atom. The fourth-order valence-electron chi connectivity index (χ4n) is 2.68. The van der Waals surface area contributed by atoms with Gasteiger partial charge in [-0.1, -0.05) is 23.7 Å². The Balaban J connectivity index is 1.62. The summed E-state index contributed by atoms with van der Waals surface area (Å²) in [5.74, 6) is -1.76. The van der Waals surface area contributed by atoms with Gasteiger partial charge in [0.25, 0.3) is 5.91 Å². The van der Waals surface area contributed by atoms with Crippen molar-refractivity contribution in [3.05, 3.63) is 88.2 Å². The van der Waals surface area contributed by atoms with Crippen LogP contribution in [0.1, 0.15) is 21.5 Å². The van der Waals surface area contributed by atoms with Crippen LogP contribution in [0.15, 0.2) is 65.7 Å². The van der Waals surface area contributed by atoms with Gasteiger partial charge < -0.3 is 15.2 Å². The topological polar surface area (TPSA) is 88.0 Å². The Hall–Kier alpha value is -3.71. The maximum Gasteiger partial charge on any atom is 0.335 e. The number of halogens is 2. The van der Waals surface area contributed by atoms with E-state index in [4.69, 9.17) is 21.4 Å². The average molecular weight is 441 g/mol. The monoisotopic (exact) mass is 440 g/mol. The molecule has 2 N–H and O–H groups in total. The summed E-state index contributed by atoms with van der Waals surface area (Å²) >= 11 is 6.22. The third kappa shape index (κ3) is 5.90. The van der Waals surface area contributed by atoms with Crippen molar-refractivity contribution in [3.8, 4) is 5.75 Å². The normalized spacial score (nSPS) is 10.8. The van der Waals surface area contributed by atoms with E-state index in [0.29, 0.717) is 17.0 Å². The van der Waals surface area contributed by atoms with Gasteiger partial charge >= 0.3 is 5.97 Å². The molecule has 6 nitrogen and oxygen atoms in total. The number of nitrogens with zero attached hydrogens (tertiary/aromatic N) is 1. The third-order valence-electron chi connectivity index (χ3n) is 4.26.